The lowest BCUT2D eigenvalue weighted by Crippen LogP contribution is -2.50. The highest BCUT2D eigenvalue weighted by atomic mass is 16.6. The monoisotopic (exact) mass is 447 g/mol. The van der Waals surface area contributed by atoms with E-state index >= 15 is 0 Å². The molecule has 0 unspecified atom stereocenters. The first-order chi connectivity index (χ1) is 15.1. The van der Waals surface area contributed by atoms with E-state index in [4.69, 9.17) is 4.74 Å². The van der Waals surface area contributed by atoms with Crippen molar-refractivity contribution in [3.8, 4) is 0 Å². The number of nitrogens with zero attached hydrogens (tertiary/aromatic N) is 2. The summed E-state index contributed by atoms with van der Waals surface area (Å²) in [5.74, 6) is -1.31. The second-order valence-corrected chi connectivity index (χ2v) is 8.45. The van der Waals surface area contributed by atoms with Gasteiger partial charge >= 0.3 is 18.0 Å². The Morgan fingerprint density at radius 1 is 1.00 bits per heavy atom. The molecule has 9 heteroatoms. The second-order valence-electron chi connectivity index (χ2n) is 8.45. The molecule has 0 aromatic heterocycles. The molecule has 1 aliphatic rings. The molecule has 9 nitrogen and oxygen atoms in total. The quantitative estimate of drug-likeness (QED) is 0.387. The number of rotatable bonds is 7. The molecule has 1 heterocycles. The summed E-state index contributed by atoms with van der Waals surface area (Å²) in [7, 11) is 2.48. The molecule has 1 amide bonds. The van der Waals surface area contributed by atoms with Gasteiger partial charge in [0.15, 0.2) is 0 Å². The highest BCUT2D eigenvalue weighted by molar-refractivity contribution is 5.98. The average molecular weight is 448 g/mol. The van der Waals surface area contributed by atoms with Gasteiger partial charge in [0.1, 0.15) is 11.3 Å². The van der Waals surface area contributed by atoms with Gasteiger partial charge < -0.3 is 24.4 Å². The Balaban J connectivity index is 1.83. The van der Waals surface area contributed by atoms with E-state index in [0.29, 0.717) is 18.8 Å². The smallest absolute Gasteiger partial charge is 0.410 e. The van der Waals surface area contributed by atoms with Gasteiger partial charge in [-0.2, -0.15) is 0 Å². The number of amides is 1. The van der Waals surface area contributed by atoms with E-state index in [1.54, 1.807) is 4.90 Å². The summed E-state index contributed by atoms with van der Waals surface area (Å²) in [5, 5.41) is 2.89. The van der Waals surface area contributed by atoms with Crippen LogP contribution in [0.2, 0.25) is 0 Å². The fourth-order valence-electron chi connectivity index (χ4n) is 3.11. The maximum atomic E-state index is 12.2. The zero-order chi connectivity index (χ0) is 23.7. The minimum Gasteiger partial charge on any atom is -0.466 e. The van der Waals surface area contributed by atoms with E-state index in [1.165, 1.54) is 14.2 Å². The SMILES string of the molecule is COC(=O)/C=C(/Nc1ccc(CCN2CCN(C(=O)OC(C)(C)C)CC2)cc1)C(=O)OC. The molecule has 1 aromatic carbocycles. The normalized spacial score (nSPS) is 15.2. The molecule has 32 heavy (non-hydrogen) atoms. The first-order valence-corrected chi connectivity index (χ1v) is 10.6. The van der Waals surface area contributed by atoms with Crippen LogP contribution in [0.4, 0.5) is 10.5 Å². The van der Waals surface area contributed by atoms with E-state index in [9.17, 15) is 14.4 Å². The second kappa shape index (κ2) is 11.5. The molecule has 0 radical (unpaired) electrons. The number of carbonyl (C=O) groups excluding carboxylic acids is 3. The predicted octanol–water partition coefficient (Wildman–Crippen LogP) is 2.42. The minimum atomic E-state index is -0.662. The van der Waals surface area contributed by atoms with Crippen molar-refractivity contribution >= 4 is 23.7 Å². The van der Waals surface area contributed by atoms with Gasteiger partial charge in [-0.25, -0.2) is 14.4 Å². The summed E-state index contributed by atoms with van der Waals surface area (Å²) in [4.78, 5) is 39.5. The van der Waals surface area contributed by atoms with Gasteiger partial charge in [-0.15, -0.1) is 0 Å². The number of anilines is 1. The lowest BCUT2D eigenvalue weighted by molar-refractivity contribution is -0.138. The van der Waals surface area contributed by atoms with Gasteiger partial charge in [0.25, 0.3) is 0 Å². The number of nitrogens with one attached hydrogen (secondary N) is 1. The van der Waals surface area contributed by atoms with Crippen LogP contribution in [0.1, 0.15) is 26.3 Å². The number of hydrogen-bond donors (Lipinski definition) is 1. The summed E-state index contributed by atoms with van der Waals surface area (Å²) in [6.07, 6.45) is 1.65. The fraction of sp³-hybridized carbons (Fsp3) is 0.522. The van der Waals surface area contributed by atoms with Crippen molar-refractivity contribution in [2.45, 2.75) is 32.8 Å². The molecule has 0 atom stereocenters. The van der Waals surface area contributed by atoms with Gasteiger partial charge in [0, 0.05) is 38.4 Å². The highest BCUT2D eigenvalue weighted by Crippen LogP contribution is 2.15. The van der Waals surface area contributed by atoms with Crippen LogP contribution in [0, 0.1) is 0 Å². The number of piperazine rings is 1. The number of esters is 2. The molecular formula is C23H33N3O6. The molecule has 0 bridgehead atoms. The van der Waals surface area contributed by atoms with Crippen LogP contribution in [0.5, 0.6) is 0 Å². The van der Waals surface area contributed by atoms with Crippen LogP contribution >= 0.6 is 0 Å². The first-order valence-electron chi connectivity index (χ1n) is 10.6. The summed E-state index contributed by atoms with van der Waals surface area (Å²) < 4.78 is 14.7. The largest absolute Gasteiger partial charge is 0.466 e. The van der Waals surface area contributed by atoms with Crippen molar-refractivity contribution in [1.29, 1.82) is 0 Å². The summed E-state index contributed by atoms with van der Waals surface area (Å²) in [6, 6.07) is 7.60. The van der Waals surface area contributed by atoms with E-state index in [2.05, 4.69) is 19.7 Å². The van der Waals surface area contributed by atoms with Crippen molar-refractivity contribution in [3.05, 3.63) is 41.6 Å². The molecule has 1 aromatic rings. The maximum absolute atomic E-state index is 12.2. The highest BCUT2D eigenvalue weighted by Gasteiger charge is 2.25. The van der Waals surface area contributed by atoms with Crippen LogP contribution in [0.25, 0.3) is 0 Å². The zero-order valence-corrected chi connectivity index (χ0v) is 19.5. The number of carbonyl (C=O) groups is 3. The molecule has 0 saturated carbocycles. The van der Waals surface area contributed by atoms with Crippen molar-refractivity contribution in [2.75, 3.05) is 52.3 Å². The van der Waals surface area contributed by atoms with Crippen molar-refractivity contribution in [2.24, 2.45) is 0 Å². The third kappa shape index (κ3) is 8.22. The van der Waals surface area contributed by atoms with Crippen LogP contribution in [-0.2, 0) is 30.2 Å². The van der Waals surface area contributed by atoms with E-state index in [-0.39, 0.29) is 11.8 Å². The predicted molar refractivity (Wildman–Crippen MR) is 120 cm³/mol. The Morgan fingerprint density at radius 2 is 1.62 bits per heavy atom. The number of ether oxygens (including phenoxy) is 3. The Bertz CT molecular complexity index is 821. The third-order valence-electron chi connectivity index (χ3n) is 4.84. The van der Waals surface area contributed by atoms with Crippen molar-refractivity contribution in [3.63, 3.8) is 0 Å². The van der Waals surface area contributed by atoms with Gasteiger partial charge in [0.05, 0.1) is 20.3 Å². The molecule has 0 spiro atoms. The van der Waals surface area contributed by atoms with E-state index < -0.39 is 17.5 Å². The average Bonchev–Trinajstić information content (AvgIpc) is 2.76. The van der Waals surface area contributed by atoms with E-state index in [0.717, 1.165) is 37.7 Å². The Hall–Kier alpha value is -3.07. The number of methoxy groups -OCH3 is 2. The van der Waals surface area contributed by atoms with Crippen molar-refractivity contribution < 1.29 is 28.6 Å². The molecule has 1 saturated heterocycles. The van der Waals surface area contributed by atoms with Gasteiger partial charge in [-0.3, -0.25) is 4.90 Å². The Morgan fingerprint density at radius 3 is 2.16 bits per heavy atom. The lowest BCUT2D eigenvalue weighted by atomic mass is 10.1. The molecule has 0 aliphatic carbocycles. The summed E-state index contributed by atoms with van der Waals surface area (Å²) >= 11 is 0. The first kappa shape index (κ1) is 25.2. The van der Waals surface area contributed by atoms with Crippen LogP contribution < -0.4 is 5.32 Å². The molecule has 176 valence electrons. The fourth-order valence-corrected chi connectivity index (χ4v) is 3.11. The van der Waals surface area contributed by atoms with Crippen molar-refractivity contribution in [1.82, 2.24) is 9.80 Å². The van der Waals surface area contributed by atoms with E-state index in [1.807, 2.05) is 45.0 Å². The minimum absolute atomic E-state index is 0.00467. The van der Waals surface area contributed by atoms with Gasteiger partial charge in [-0.1, -0.05) is 12.1 Å². The molecule has 1 N–H and O–H groups in total. The molecule has 2 rings (SSSR count). The van der Waals surface area contributed by atoms with Gasteiger partial charge in [0.2, 0.25) is 0 Å². The zero-order valence-electron chi connectivity index (χ0n) is 19.5. The Labute approximate surface area is 189 Å². The third-order valence-corrected chi connectivity index (χ3v) is 4.84. The lowest BCUT2D eigenvalue weighted by Gasteiger charge is -2.35. The van der Waals surface area contributed by atoms with Crippen LogP contribution in [0.15, 0.2) is 36.0 Å². The topological polar surface area (TPSA) is 97.4 Å². The number of benzene rings is 1. The van der Waals surface area contributed by atoms with Crippen LogP contribution in [0.3, 0.4) is 0 Å². The molecule has 1 fully saturated rings. The van der Waals surface area contributed by atoms with Gasteiger partial charge in [-0.05, 0) is 44.9 Å². The summed E-state index contributed by atoms with van der Waals surface area (Å²) in [5.41, 5.74) is 1.30. The Kier molecular flexibility index (Phi) is 9.07. The number of hydrogen-bond acceptors (Lipinski definition) is 8. The maximum Gasteiger partial charge on any atom is 0.410 e. The summed E-state index contributed by atoms with van der Waals surface area (Å²) in [6.45, 7) is 9.40. The standard InChI is InChI=1S/C23H33N3O6/c1-23(2,3)32-22(29)26-14-12-25(13-15-26)11-10-17-6-8-18(9-7-17)24-19(21(28)31-5)16-20(27)30-4/h6-9,16,24H,10-15H2,1-5H3/b19-16+. The molecule has 1 aliphatic heterocycles. The molecular weight excluding hydrogens is 414 g/mol. The van der Waals surface area contributed by atoms with Crippen LogP contribution in [-0.4, -0.2) is 80.4 Å².